The second kappa shape index (κ2) is 9.08. The molecule has 3 heterocycles. The Kier molecular flexibility index (Phi) is 6.20. The largest absolute Gasteiger partial charge is 0.368 e. The van der Waals surface area contributed by atoms with Crippen LogP contribution in [0.2, 0.25) is 0 Å². The van der Waals surface area contributed by atoms with Gasteiger partial charge in [-0.3, -0.25) is 23.7 Å². The SMILES string of the molecule is Cn1c(=O)cc(C(=O)NC2C(=O)N(CC(N)=O)c3ccccc3SC2c2cccs2)[nH]c1=O. The number of hydrogen-bond acceptors (Lipinski definition) is 7. The number of amides is 3. The minimum Gasteiger partial charge on any atom is -0.368 e. The van der Waals surface area contributed by atoms with Crippen LogP contribution in [0, 0.1) is 0 Å². The highest BCUT2D eigenvalue weighted by Gasteiger charge is 2.40. The van der Waals surface area contributed by atoms with Crippen LogP contribution in [-0.4, -0.2) is 39.9 Å². The van der Waals surface area contributed by atoms with Crippen molar-refractivity contribution in [1.82, 2.24) is 14.9 Å². The molecule has 2 atom stereocenters. The monoisotopic (exact) mass is 485 g/mol. The second-order valence-electron chi connectivity index (χ2n) is 7.25. The minimum atomic E-state index is -1.11. The van der Waals surface area contributed by atoms with E-state index in [-0.39, 0.29) is 12.2 Å². The lowest BCUT2D eigenvalue weighted by atomic mass is 10.1. The van der Waals surface area contributed by atoms with Crippen LogP contribution in [0.1, 0.15) is 20.6 Å². The smallest absolute Gasteiger partial charge is 0.328 e. The number of fused-ring (bicyclic) bond motifs is 1. The third kappa shape index (κ3) is 4.47. The van der Waals surface area contributed by atoms with Gasteiger partial charge >= 0.3 is 5.69 Å². The zero-order chi connectivity index (χ0) is 23.7. The molecule has 2 unspecified atom stereocenters. The van der Waals surface area contributed by atoms with E-state index in [0.29, 0.717) is 5.69 Å². The average molecular weight is 486 g/mol. The highest BCUT2D eigenvalue weighted by Crippen LogP contribution is 2.46. The van der Waals surface area contributed by atoms with E-state index in [1.54, 1.807) is 12.1 Å². The van der Waals surface area contributed by atoms with Crippen LogP contribution in [0.15, 0.2) is 62.3 Å². The molecule has 2 aromatic heterocycles. The number of aromatic nitrogens is 2. The number of nitrogens with one attached hydrogen (secondary N) is 2. The van der Waals surface area contributed by atoms with E-state index >= 15 is 0 Å². The Balaban J connectivity index is 1.79. The molecule has 4 rings (SSSR count). The van der Waals surface area contributed by atoms with Gasteiger partial charge < -0.3 is 20.9 Å². The number of rotatable bonds is 5. The Hall–Kier alpha value is -3.64. The van der Waals surface area contributed by atoms with Crippen molar-refractivity contribution in [1.29, 1.82) is 0 Å². The van der Waals surface area contributed by atoms with E-state index in [0.717, 1.165) is 20.4 Å². The van der Waals surface area contributed by atoms with Crippen LogP contribution < -0.4 is 27.2 Å². The summed E-state index contributed by atoms with van der Waals surface area (Å²) >= 11 is 2.79. The number of para-hydroxylation sites is 1. The molecule has 1 aromatic carbocycles. The number of nitrogens with zero attached hydrogens (tertiary/aromatic N) is 2. The van der Waals surface area contributed by atoms with Crippen molar-refractivity contribution >= 4 is 46.5 Å². The van der Waals surface area contributed by atoms with Gasteiger partial charge in [0, 0.05) is 22.9 Å². The Bertz CT molecular complexity index is 1320. The molecule has 12 heteroatoms. The molecule has 0 spiro atoms. The molecule has 4 N–H and O–H groups in total. The van der Waals surface area contributed by atoms with E-state index in [4.69, 9.17) is 5.73 Å². The number of benzene rings is 1. The Morgan fingerprint density at radius 1 is 1.15 bits per heavy atom. The van der Waals surface area contributed by atoms with Gasteiger partial charge in [-0.15, -0.1) is 23.1 Å². The van der Waals surface area contributed by atoms with Gasteiger partial charge in [0.05, 0.1) is 10.9 Å². The molecule has 0 bridgehead atoms. The van der Waals surface area contributed by atoms with Crippen molar-refractivity contribution in [2.45, 2.75) is 16.2 Å². The molecule has 0 fully saturated rings. The number of H-pyrrole nitrogens is 1. The standard InChI is InChI=1S/C21H19N5O5S2/c1-25-16(28)9-11(23-21(25)31)19(29)24-17-18(14-7-4-8-32-14)33-13-6-3-2-5-12(13)26(20(17)30)10-15(22)27/h2-9,17-18H,10H2,1H3,(H2,22,27)(H,23,31)(H,24,29). The summed E-state index contributed by atoms with van der Waals surface area (Å²) in [6.45, 7) is -0.372. The maximum absolute atomic E-state index is 13.7. The first-order chi connectivity index (χ1) is 15.8. The molecule has 170 valence electrons. The first kappa shape index (κ1) is 22.6. The normalized spacial score (nSPS) is 17.8. The lowest BCUT2D eigenvalue weighted by Gasteiger charge is -2.27. The number of aromatic amines is 1. The van der Waals surface area contributed by atoms with Crippen molar-refractivity contribution in [2.75, 3.05) is 11.4 Å². The Morgan fingerprint density at radius 3 is 2.58 bits per heavy atom. The lowest BCUT2D eigenvalue weighted by molar-refractivity contribution is -0.123. The predicted molar refractivity (Wildman–Crippen MR) is 124 cm³/mol. The molecule has 3 aromatic rings. The predicted octanol–water partition coefficient (Wildman–Crippen LogP) is 0.599. The number of anilines is 1. The minimum absolute atomic E-state index is 0.269. The topological polar surface area (TPSA) is 147 Å². The molecular formula is C21H19N5O5S2. The lowest BCUT2D eigenvalue weighted by Crippen LogP contribution is -2.52. The molecule has 0 saturated carbocycles. The van der Waals surface area contributed by atoms with Crippen molar-refractivity contribution in [3.05, 3.63) is 79.3 Å². The van der Waals surface area contributed by atoms with Crippen molar-refractivity contribution in [3.8, 4) is 0 Å². The third-order valence-corrected chi connectivity index (χ3v) is 7.54. The van der Waals surface area contributed by atoms with Crippen LogP contribution in [0.3, 0.4) is 0 Å². The van der Waals surface area contributed by atoms with Gasteiger partial charge in [-0.25, -0.2) is 4.79 Å². The van der Waals surface area contributed by atoms with Crippen LogP contribution in [-0.2, 0) is 16.6 Å². The fourth-order valence-corrected chi connectivity index (χ4v) is 5.73. The van der Waals surface area contributed by atoms with Gasteiger partial charge in [-0.05, 0) is 23.6 Å². The zero-order valence-electron chi connectivity index (χ0n) is 17.3. The molecular weight excluding hydrogens is 466 g/mol. The number of thiophene rings is 1. The van der Waals surface area contributed by atoms with E-state index in [2.05, 4.69) is 10.3 Å². The first-order valence-corrected chi connectivity index (χ1v) is 11.5. The quantitative estimate of drug-likeness (QED) is 0.482. The number of hydrogen-bond donors (Lipinski definition) is 3. The van der Waals surface area contributed by atoms with Gasteiger partial charge in [0.15, 0.2) is 0 Å². The Labute approximate surface area is 195 Å². The summed E-state index contributed by atoms with van der Waals surface area (Å²) in [5, 5.41) is 3.99. The number of carbonyl (C=O) groups excluding carboxylic acids is 3. The van der Waals surface area contributed by atoms with Crippen LogP contribution in [0.25, 0.3) is 0 Å². The summed E-state index contributed by atoms with van der Waals surface area (Å²) in [5.74, 6) is -2.04. The average Bonchev–Trinajstić information content (AvgIpc) is 3.29. The Morgan fingerprint density at radius 2 is 1.91 bits per heavy atom. The van der Waals surface area contributed by atoms with Crippen LogP contribution in [0.5, 0.6) is 0 Å². The van der Waals surface area contributed by atoms with Gasteiger partial charge in [-0.2, -0.15) is 0 Å². The number of nitrogens with two attached hydrogens (primary N) is 1. The van der Waals surface area contributed by atoms with Crippen molar-refractivity contribution in [2.24, 2.45) is 12.8 Å². The second-order valence-corrected chi connectivity index (χ2v) is 9.41. The molecule has 0 radical (unpaired) electrons. The highest BCUT2D eigenvalue weighted by molar-refractivity contribution is 8.00. The van der Waals surface area contributed by atoms with Gasteiger partial charge in [0.1, 0.15) is 18.3 Å². The van der Waals surface area contributed by atoms with Gasteiger partial charge in [0.25, 0.3) is 17.4 Å². The first-order valence-electron chi connectivity index (χ1n) is 9.76. The third-order valence-electron chi connectivity index (χ3n) is 5.06. The van der Waals surface area contributed by atoms with E-state index < -0.39 is 40.3 Å². The molecule has 3 amide bonds. The number of primary amides is 1. The number of carbonyl (C=O) groups is 3. The molecule has 0 aliphatic carbocycles. The van der Waals surface area contributed by atoms with Crippen LogP contribution in [0.4, 0.5) is 5.69 Å². The number of thioether (sulfide) groups is 1. The molecule has 33 heavy (non-hydrogen) atoms. The van der Waals surface area contributed by atoms with Gasteiger partial charge in [0.2, 0.25) is 5.91 Å². The summed E-state index contributed by atoms with van der Waals surface area (Å²) < 4.78 is 0.823. The zero-order valence-corrected chi connectivity index (χ0v) is 18.9. The maximum Gasteiger partial charge on any atom is 0.328 e. The van der Waals surface area contributed by atoms with E-state index in [1.165, 1.54) is 35.0 Å². The van der Waals surface area contributed by atoms with E-state index in [9.17, 15) is 24.0 Å². The van der Waals surface area contributed by atoms with Crippen LogP contribution >= 0.6 is 23.1 Å². The van der Waals surface area contributed by atoms with Crippen molar-refractivity contribution < 1.29 is 14.4 Å². The van der Waals surface area contributed by atoms with E-state index in [1.807, 2.05) is 29.6 Å². The summed E-state index contributed by atoms with van der Waals surface area (Å²) in [4.78, 5) is 67.5. The fourth-order valence-electron chi connectivity index (χ4n) is 3.43. The molecule has 1 aliphatic rings. The summed E-state index contributed by atoms with van der Waals surface area (Å²) in [6, 6.07) is 10.6. The summed E-state index contributed by atoms with van der Waals surface area (Å²) in [5.41, 5.74) is 4.22. The summed E-state index contributed by atoms with van der Waals surface area (Å²) in [7, 11) is 1.28. The molecule has 1 aliphatic heterocycles. The molecule has 10 nitrogen and oxygen atoms in total. The summed E-state index contributed by atoms with van der Waals surface area (Å²) in [6.07, 6.45) is 0. The molecule has 0 saturated heterocycles. The highest BCUT2D eigenvalue weighted by atomic mass is 32.2. The van der Waals surface area contributed by atoms with Crippen molar-refractivity contribution in [3.63, 3.8) is 0 Å². The maximum atomic E-state index is 13.7. The fraction of sp³-hybridized carbons (Fsp3) is 0.190. The van der Waals surface area contributed by atoms with Gasteiger partial charge in [-0.1, -0.05) is 18.2 Å².